The van der Waals surface area contributed by atoms with Crippen LogP contribution in [0.2, 0.25) is 0 Å². The van der Waals surface area contributed by atoms with Crippen molar-refractivity contribution in [2.75, 3.05) is 13.2 Å². The second-order valence-electron chi connectivity index (χ2n) is 4.70. The molecule has 1 fully saturated rings. The predicted molar refractivity (Wildman–Crippen MR) is 63.5 cm³/mol. The molecule has 0 spiro atoms. The molecule has 1 unspecified atom stereocenters. The number of aliphatic carboxylic acids is 1. The van der Waals surface area contributed by atoms with E-state index >= 15 is 0 Å². The Balaban J connectivity index is 2.73. The summed E-state index contributed by atoms with van der Waals surface area (Å²) in [5, 5.41) is 55.4. The number of aliphatic hydroxyl groups excluding tert-OH is 5. The Morgan fingerprint density at radius 1 is 1.20 bits per heavy atom. The lowest BCUT2D eigenvalue weighted by atomic mass is 10.0. The van der Waals surface area contributed by atoms with Crippen LogP contribution in [0.1, 0.15) is 12.8 Å². The number of hydrogen-bond donors (Lipinski definition) is 6. The van der Waals surface area contributed by atoms with Crippen molar-refractivity contribution in [3.05, 3.63) is 0 Å². The molecule has 9 nitrogen and oxygen atoms in total. The predicted octanol–water partition coefficient (Wildman–Crippen LogP) is -3.50. The molecule has 20 heavy (non-hydrogen) atoms. The van der Waals surface area contributed by atoms with Crippen LogP contribution in [0.3, 0.4) is 0 Å². The van der Waals surface area contributed by atoms with Gasteiger partial charge in [0.05, 0.1) is 6.61 Å². The molecule has 0 amide bonds. The lowest BCUT2D eigenvalue weighted by Gasteiger charge is -2.29. The Kier molecular flexibility index (Phi) is 5.99. The van der Waals surface area contributed by atoms with Gasteiger partial charge < -0.3 is 30.6 Å². The van der Waals surface area contributed by atoms with Crippen LogP contribution in [0.4, 0.5) is 0 Å². The van der Waals surface area contributed by atoms with Crippen LogP contribution in [0, 0.1) is 0 Å². The normalized spacial score (nSPS) is 25.9. The number of rotatable bonds is 7. The molecule has 0 saturated carbocycles. The molecule has 1 aliphatic heterocycles. The average Bonchev–Trinajstić information content (AvgIpc) is 2.92. The first kappa shape index (κ1) is 17.0. The first-order valence-corrected chi connectivity index (χ1v) is 6.16. The number of Topliss-reactive ketones (excluding diaryl/α,β-unsaturated/α-hetero) is 1. The van der Waals surface area contributed by atoms with Gasteiger partial charge in [-0.3, -0.25) is 14.5 Å². The molecular weight excluding hydrogens is 274 g/mol. The van der Waals surface area contributed by atoms with E-state index in [0.717, 1.165) is 4.90 Å². The van der Waals surface area contributed by atoms with Crippen LogP contribution in [-0.4, -0.2) is 91.0 Å². The molecule has 1 heterocycles. The van der Waals surface area contributed by atoms with E-state index in [0.29, 0.717) is 6.42 Å². The second kappa shape index (κ2) is 7.07. The molecule has 0 aliphatic carbocycles. The van der Waals surface area contributed by atoms with E-state index in [4.69, 9.17) is 15.3 Å². The highest BCUT2D eigenvalue weighted by Gasteiger charge is 2.41. The summed E-state index contributed by atoms with van der Waals surface area (Å²) >= 11 is 0. The molecule has 0 aromatic heterocycles. The number of carbonyl (C=O) groups is 2. The number of carbonyl (C=O) groups excluding carboxylic acids is 1. The SMILES string of the molecule is O=C(C(O)N1CCC[C@H]1C(=O)O)[C@@H](O)[C@H](O)[C@H](O)CO. The van der Waals surface area contributed by atoms with Gasteiger partial charge >= 0.3 is 5.97 Å². The molecule has 116 valence electrons. The fraction of sp³-hybridized carbons (Fsp3) is 0.818. The number of hydrogen-bond acceptors (Lipinski definition) is 8. The van der Waals surface area contributed by atoms with Crippen LogP contribution in [-0.2, 0) is 9.59 Å². The minimum atomic E-state index is -2.12. The summed E-state index contributed by atoms with van der Waals surface area (Å²) in [4.78, 5) is 23.7. The van der Waals surface area contributed by atoms with Crippen molar-refractivity contribution in [2.45, 2.75) is 43.4 Å². The number of nitrogens with zero attached hydrogens (tertiary/aromatic N) is 1. The molecule has 0 aromatic carbocycles. The van der Waals surface area contributed by atoms with Crippen LogP contribution in [0.15, 0.2) is 0 Å². The van der Waals surface area contributed by atoms with E-state index < -0.39 is 48.9 Å². The Morgan fingerprint density at radius 3 is 2.30 bits per heavy atom. The van der Waals surface area contributed by atoms with E-state index in [1.165, 1.54) is 0 Å². The molecule has 6 N–H and O–H groups in total. The van der Waals surface area contributed by atoms with Crippen molar-refractivity contribution in [1.82, 2.24) is 4.90 Å². The lowest BCUT2D eigenvalue weighted by molar-refractivity contribution is -0.162. The van der Waals surface area contributed by atoms with E-state index in [1.54, 1.807) is 0 Å². The van der Waals surface area contributed by atoms with Crippen LogP contribution in [0.25, 0.3) is 0 Å². The minimum absolute atomic E-state index is 0.162. The zero-order valence-electron chi connectivity index (χ0n) is 10.7. The molecule has 1 aliphatic rings. The van der Waals surface area contributed by atoms with Gasteiger partial charge in [-0.05, 0) is 12.8 Å². The minimum Gasteiger partial charge on any atom is -0.480 e. The summed E-state index contributed by atoms with van der Waals surface area (Å²) in [5.41, 5.74) is 0. The van der Waals surface area contributed by atoms with Gasteiger partial charge in [-0.25, -0.2) is 0 Å². The molecule has 0 aromatic rings. The number of carboxylic acids is 1. The summed E-state index contributed by atoms with van der Waals surface area (Å²) in [6.45, 7) is -0.710. The number of carboxylic acid groups (broad SMARTS) is 1. The van der Waals surface area contributed by atoms with Gasteiger partial charge in [0, 0.05) is 6.54 Å². The zero-order chi connectivity index (χ0) is 15.4. The second-order valence-corrected chi connectivity index (χ2v) is 4.70. The Labute approximate surface area is 114 Å². The summed E-state index contributed by atoms with van der Waals surface area (Å²) in [6, 6.07) is -1.04. The number of aliphatic hydroxyl groups is 5. The van der Waals surface area contributed by atoms with E-state index in [2.05, 4.69) is 0 Å². The smallest absolute Gasteiger partial charge is 0.321 e. The van der Waals surface area contributed by atoms with Crippen molar-refractivity contribution < 1.29 is 40.2 Å². The van der Waals surface area contributed by atoms with Gasteiger partial charge in [0.1, 0.15) is 24.4 Å². The van der Waals surface area contributed by atoms with Crippen molar-refractivity contribution in [3.8, 4) is 0 Å². The largest absolute Gasteiger partial charge is 0.480 e. The molecular formula is C11H19NO8. The van der Waals surface area contributed by atoms with Gasteiger partial charge in [0.15, 0.2) is 6.23 Å². The Hall–Kier alpha value is -1.10. The third-order valence-corrected chi connectivity index (χ3v) is 3.34. The molecule has 9 heteroatoms. The number of ketones is 1. The first-order chi connectivity index (χ1) is 9.31. The quantitative estimate of drug-likeness (QED) is 0.280. The maximum Gasteiger partial charge on any atom is 0.321 e. The van der Waals surface area contributed by atoms with Crippen molar-refractivity contribution in [3.63, 3.8) is 0 Å². The highest BCUT2D eigenvalue weighted by Crippen LogP contribution is 2.21. The summed E-state index contributed by atoms with van der Waals surface area (Å²) in [5.74, 6) is -2.42. The molecule has 1 rings (SSSR count). The Morgan fingerprint density at radius 2 is 1.80 bits per heavy atom. The van der Waals surface area contributed by atoms with Gasteiger partial charge in [0.25, 0.3) is 0 Å². The molecule has 0 radical (unpaired) electrons. The van der Waals surface area contributed by atoms with Crippen LogP contribution >= 0.6 is 0 Å². The van der Waals surface area contributed by atoms with Crippen LogP contribution in [0.5, 0.6) is 0 Å². The van der Waals surface area contributed by atoms with E-state index in [-0.39, 0.29) is 13.0 Å². The first-order valence-electron chi connectivity index (χ1n) is 6.16. The Bertz CT molecular complexity index is 362. The fourth-order valence-electron chi connectivity index (χ4n) is 2.15. The van der Waals surface area contributed by atoms with Crippen molar-refractivity contribution in [2.24, 2.45) is 0 Å². The van der Waals surface area contributed by atoms with Crippen molar-refractivity contribution in [1.29, 1.82) is 0 Å². The fourth-order valence-corrected chi connectivity index (χ4v) is 2.15. The summed E-state index contributed by atoms with van der Waals surface area (Å²) in [6.07, 6.45) is -6.99. The van der Waals surface area contributed by atoms with Gasteiger partial charge in [-0.15, -0.1) is 0 Å². The monoisotopic (exact) mass is 293 g/mol. The maximum absolute atomic E-state index is 11.8. The molecule has 1 saturated heterocycles. The highest BCUT2D eigenvalue weighted by atomic mass is 16.4. The molecule has 5 atom stereocenters. The average molecular weight is 293 g/mol. The molecule has 0 bridgehead atoms. The van der Waals surface area contributed by atoms with Gasteiger partial charge in [-0.2, -0.15) is 0 Å². The lowest BCUT2D eigenvalue weighted by Crippen LogP contribution is -2.54. The third-order valence-electron chi connectivity index (χ3n) is 3.34. The topological polar surface area (TPSA) is 159 Å². The van der Waals surface area contributed by atoms with E-state index in [1.807, 2.05) is 0 Å². The standard InChI is InChI=1S/C11H19NO8/c13-4-6(14)7(15)8(16)9(17)10(18)12-3-1-2-5(12)11(19)20/h5-8,10,13-16,18H,1-4H2,(H,19,20)/t5-,6+,7+,8-,10?/m0/s1. The third kappa shape index (κ3) is 3.51. The van der Waals surface area contributed by atoms with Crippen LogP contribution < -0.4 is 0 Å². The number of likely N-dealkylation sites (tertiary alicyclic amines) is 1. The van der Waals surface area contributed by atoms with E-state index in [9.17, 15) is 24.9 Å². The van der Waals surface area contributed by atoms with Gasteiger partial charge in [0.2, 0.25) is 5.78 Å². The summed E-state index contributed by atoms with van der Waals surface area (Å²) in [7, 11) is 0. The zero-order valence-corrected chi connectivity index (χ0v) is 10.7. The summed E-state index contributed by atoms with van der Waals surface area (Å²) < 4.78 is 0. The van der Waals surface area contributed by atoms with Gasteiger partial charge in [-0.1, -0.05) is 0 Å². The maximum atomic E-state index is 11.8. The van der Waals surface area contributed by atoms with Crippen molar-refractivity contribution >= 4 is 11.8 Å². The highest BCUT2D eigenvalue weighted by molar-refractivity contribution is 5.88.